The van der Waals surface area contributed by atoms with E-state index in [1.54, 1.807) is 13.2 Å². The van der Waals surface area contributed by atoms with Crippen LogP contribution in [0.25, 0.3) is 0 Å². The fourth-order valence-electron chi connectivity index (χ4n) is 8.68. The third kappa shape index (κ3) is 9.64. The van der Waals surface area contributed by atoms with Gasteiger partial charge in [-0.15, -0.1) is 0 Å². The Kier molecular flexibility index (Phi) is 13.8. The summed E-state index contributed by atoms with van der Waals surface area (Å²) in [6.45, 7) is 7.41. The van der Waals surface area contributed by atoms with Crippen molar-refractivity contribution in [2.75, 3.05) is 20.2 Å². The highest BCUT2D eigenvalue weighted by Gasteiger charge is 2.54. The Morgan fingerprint density at radius 2 is 1.79 bits per heavy atom. The van der Waals surface area contributed by atoms with E-state index >= 15 is 0 Å². The van der Waals surface area contributed by atoms with Crippen LogP contribution in [0.1, 0.15) is 129 Å². The van der Waals surface area contributed by atoms with Crippen molar-refractivity contribution >= 4 is 17.8 Å². The lowest BCUT2D eigenvalue weighted by Gasteiger charge is -2.49. The fourth-order valence-corrected chi connectivity index (χ4v) is 8.68. The van der Waals surface area contributed by atoms with Gasteiger partial charge in [-0.05, 0) is 87.6 Å². The molecule has 2 aliphatic heterocycles. The van der Waals surface area contributed by atoms with Gasteiger partial charge in [0.2, 0.25) is 5.91 Å². The van der Waals surface area contributed by atoms with Crippen LogP contribution in [0.3, 0.4) is 0 Å². The molecule has 0 radical (unpaired) electrons. The molecule has 0 spiro atoms. The van der Waals surface area contributed by atoms with E-state index in [0.29, 0.717) is 43.8 Å². The molecule has 5 atom stereocenters. The predicted octanol–water partition coefficient (Wildman–Crippen LogP) is 6.77. The van der Waals surface area contributed by atoms with Crippen molar-refractivity contribution in [2.45, 2.75) is 148 Å². The number of benzene rings is 1. The summed E-state index contributed by atoms with van der Waals surface area (Å²) in [6.07, 6.45) is 13.5. The minimum absolute atomic E-state index is 0.0594. The van der Waals surface area contributed by atoms with Crippen LogP contribution in [-0.4, -0.2) is 60.9 Å². The average molecular weight is 657 g/mol. The second kappa shape index (κ2) is 17.5. The lowest BCUT2D eigenvalue weighted by molar-refractivity contribution is -0.178. The topological polar surface area (TPSA) is 123 Å². The normalized spacial score (nSPS) is 24.3. The van der Waals surface area contributed by atoms with Gasteiger partial charge in [0.25, 0.3) is 0 Å². The van der Waals surface area contributed by atoms with E-state index in [1.165, 1.54) is 13.3 Å². The molecule has 9 nitrogen and oxygen atoms in total. The number of phenols is 1. The van der Waals surface area contributed by atoms with Gasteiger partial charge in [-0.2, -0.15) is 0 Å². The summed E-state index contributed by atoms with van der Waals surface area (Å²) < 4.78 is 18.3. The van der Waals surface area contributed by atoms with Crippen LogP contribution in [-0.2, 0) is 30.3 Å². The molecule has 2 heterocycles. The zero-order chi connectivity index (χ0) is 33.9. The first kappa shape index (κ1) is 37.0. The number of phenolic OH excluding ortho intramolecular Hbond substituents is 1. The molecule has 0 aromatic heterocycles. The van der Waals surface area contributed by atoms with Crippen LogP contribution in [0.4, 0.5) is 0 Å². The lowest BCUT2D eigenvalue weighted by Crippen LogP contribution is -2.65. The van der Waals surface area contributed by atoms with Gasteiger partial charge < -0.3 is 30.0 Å². The highest BCUT2D eigenvalue weighted by molar-refractivity contribution is 5.90. The molecule has 47 heavy (non-hydrogen) atoms. The molecular weight excluding hydrogens is 596 g/mol. The second-order valence-electron chi connectivity index (χ2n) is 14.5. The zero-order valence-electron chi connectivity index (χ0n) is 29.4. The van der Waals surface area contributed by atoms with Gasteiger partial charge in [0.15, 0.2) is 11.5 Å². The van der Waals surface area contributed by atoms with Crippen molar-refractivity contribution in [3.8, 4) is 11.5 Å². The minimum Gasteiger partial charge on any atom is -0.504 e. The maximum Gasteiger partial charge on any atom is 0.332 e. The molecule has 264 valence electrons. The van der Waals surface area contributed by atoms with Crippen LogP contribution < -0.4 is 15.4 Å². The Bertz CT molecular complexity index is 1180. The van der Waals surface area contributed by atoms with E-state index in [9.17, 15) is 19.5 Å². The Labute approximate surface area is 282 Å². The van der Waals surface area contributed by atoms with E-state index in [0.717, 1.165) is 89.3 Å². The van der Waals surface area contributed by atoms with Crippen LogP contribution in [0.2, 0.25) is 0 Å². The van der Waals surface area contributed by atoms with Gasteiger partial charge in [0.1, 0.15) is 17.7 Å². The Morgan fingerprint density at radius 3 is 2.49 bits per heavy atom. The van der Waals surface area contributed by atoms with E-state index in [1.807, 2.05) is 12.1 Å². The van der Waals surface area contributed by atoms with Gasteiger partial charge in [-0.1, -0.05) is 71.3 Å². The number of unbranched alkanes of at least 4 members (excludes halogenated alkanes) is 2. The maximum atomic E-state index is 14.6. The molecule has 3 fully saturated rings. The number of piperidine rings is 2. The monoisotopic (exact) mass is 656 g/mol. The second-order valence-corrected chi connectivity index (χ2v) is 14.5. The first-order valence-electron chi connectivity index (χ1n) is 18.4. The number of amides is 1. The molecular formula is C38H60N2O7. The zero-order valence-corrected chi connectivity index (χ0v) is 29.4. The SMILES string of the molecule is CCCCCC(CCC)CC(CC(OC(=O)C12CCCCC1CCC(=O)N2)C1(Cc2ccc(O)c(OC)c2)CCNCC1)OC(C)=O. The standard InChI is InChI=1S/C38H60N2O7/c1-5-7-8-12-28(11-6-2)23-31(46-27(3)41)25-34(47-36(44)38-18-10-9-13-30(38)15-17-35(43)40-38)37(19-21-39-22-20-37)26-29-14-16-32(42)33(24-29)45-4/h14,16,24,28,30-31,34,39,42H,5-13,15,17-23,25-26H2,1-4H3,(H,40,43). The predicted molar refractivity (Wildman–Crippen MR) is 182 cm³/mol. The van der Waals surface area contributed by atoms with Gasteiger partial charge >= 0.3 is 11.9 Å². The van der Waals surface area contributed by atoms with Crippen LogP contribution in [0, 0.1) is 17.3 Å². The van der Waals surface area contributed by atoms with Crippen molar-refractivity contribution in [3.63, 3.8) is 0 Å². The largest absolute Gasteiger partial charge is 0.504 e. The number of ether oxygens (including phenoxy) is 3. The van der Waals surface area contributed by atoms with Crippen molar-refractivity contribution in [1.29, 1.82) is 0 Å². The van der Waals surface area contributed by atoms with E-state index in [-0.39, 0.29) is 29.5 Å². The Balaban J connectivity index is 1.72. The highest BCUT2D eigenvalue weighted by atomic mass is 16.6. The smallest absolute Gasteiger partial charge is 0.332 e. The summed E-state index contributed by atoms with van der Waals surface area (Å²) in [5, 5.41) is 17.0. The molecule has 0 bridgehead atoms. The molecule has 1 saturated carbocycles. The highest BCUT2D eigenvalue weighted by Crippen LogP contribution is 2.45. The summed E-state index contributed by atoms with van der Waals surface area (Å²) in [5.41, 5.74) is -0.484. The number of carbonyl (C=O) groups is 3. The molecule has 1 aromatic carbocycles. The minimum atomic E-state index is -1.01. The molecule has 5 unspecified atom stereocenters. The lowest BCUT2D eigenvalue weighted by atomic mass is 9.67. The number of carbonyl (C=O) groups excluding carboxylic acids is 3. The van der Waals surface area contributed by atoms with Gasteiger partial charge in [-0.25, -0.2) is 4.79 Å². The summed E-state index contributed by atoms with van der Waals surface area (Å²) in [7, 11) is 1.54. The number of rotatable bonds is 17. The first-order chi connectivity index (χ1) is 22.6. The van der Waals surface area contributed by atoms with Crippen LogP contribution >= 0.6 is 0 Å². The Hall–Kier alpha value is -2.81. The maximum absolute atomic E-state index is 14.6. The third-order valence-electron chi connectivity index (χ3n) is 11.2. The summed E-state index contributed by atoms with van der Waals surface area (Å²) >= 11 is 0. The first-order valence-corrected chi connectivity index (χ1v) is 18.4. The summed E-state index contributed by atoms with van der Waals surface area (Å²) in [5.74, 6) is 0.209. The van der Waals surface area contributed by atoms with E-state index in [4.69, 9.17) is 14.2 Å². The number of nitrogens with one attached hydrogen (secondary N) is 2. The van der Waals surface area contributed by atoms with E-state index < -0.39 is 23.2 Å². The van der Waals surface area contributed by atoms with Crippen molar-refractivity contribution in [2.24, 2.45) is 17.3 Å². The molecule has 1 aliphatic carbocycles. The molecule has 4 rings (SSSR count). The molecule has 3 aliphatic rings. The summed E-state index contributed by atoms with van der Waals surface area (Å²) in [6, 6.07) is 5.43. The van der Waals surface area contributed by atoms with Gasteiger partial charge in [0, 0.05) is 25.2 Å². The third-order valence-corrected chi connectivity index (χ3v) is 11.2. The number of esters is 2. The summed E-state index contributed by atoms with van der Waals surface area (Å²) in [4.78, 5) is 39.9. The number of hydrogen-bond acceptors (Lipinski definition) is 8. The number of hydrogen-bond donors (Lipinski definition) is 3. The molecule has 1 amide bonds. The average Bonchev–Trinajstić information content (AvgIpc) is 3.05. The molecule has 9 heteroatoms. The van der Waals surface area contributed by atoms with Gasteiger partial charge in [-0.3, -0.25) is 9.59 Å². The Morgan fingerprint density at radius 1 is 1.00 bits per heavy atom. The van der Waals surface area contributed by atoms with Crippen LogP contribution in [0.15, 0.2) is 18.2 Å². The molecule has 2 saturated heterocycles. The van der Waals surface area contributed by atoms with Crippen molar-refractivity contribution in [3.05, 3.63) is 23.8 Å². The number of methoxy groups -OCH3 is 1. The fraction of sp³-hybridized carbons (Fsp3) is 0.763. The molecule has 1 aromatic rings. The number of aromatic hydroxyl groups is 1. The molecule has 3 N–H and O–H groups in total. The number of fused-ring (bicyclic) bond motifs is 1. The van der Waals surface area contributed by atoms with Crippen molar-refractivity contribution < 1.29 is 33.7 Å². The quantitative estimate of drug-likeness (QED) is 0.124. The van der Waals surface area contributed by atoms with E-state index in [2.05, 4.69) is 24.5 Å². The van der Waals surface area contributed by atoms with Gasteiger partial charge in [0.05, 0.1) is 7.11 Å². The van der Waals surface area contributed by atoms with Crippen molar-refractivity contribution in [1.82, 2.24) is 10.6 Å². The van der Waals surface area contributed by atoms with Crippen LogP contribution in [0.5, 0.6) is 11.5 Å².